The molecule has 30 heavy (non-hydrogen) atoms. The molecule has 1 unspecified atom stereocenters. The Morgan fingerprint density at radius 2 is 1.90 bits per heavy atom. The highest BCUT2D eigenvalue weighted by Gasteiger charge is 2.27. The Kier molecular flexibility index (Phi) is 5.81. The Balaban J connectivity index is 1.75. The lowest BCUT2D eigenvalue weighted by Gasteiger charge is -2.13. The number of hydrogen-bond donors (Lipinski definition) is 1. The van der Waals surface area contributed by atoms with Crippen LogP contribution < -0.4 is 5.56 Å². The molecule has 0 radical (unpaired) electrons. The molecule has 0 saturated heterocycles. The van der Waals surface area contributed by atoms with Crippen LogP contribution in [0.4, 0.5) is 0 Å². The van der Waals surface area contributed by atoms with E-state index in [0.717, 1.165) is 4.57 Å². The van der Waals surface area contributed by atoms with Crippen molar-refractivity contribution in [2.24, 2.45) is 0 Å². The smallest absolute Gasteiger partial charge is 0.339 e. The van der Waals surface area contributed by atoms with Crippen LogP contribution in [-0.2, 0) is 20.8 Å². The van der Waals surface area contributed by atoms with E-state index in [-0.39, 0.29) is 23.4 Å². The van der Waals surface area contributed by atoms with Crippen molar-refractivity contribution in [3.8, 4) is 0 Å². The molecule has 3 aromatic rings. The van der Waals surface area contributed by atoms with Gasteiger partial charge in [-0.2, -0.15) is 0 Å². The summed E-state index contributed by atoms with van der Waals surface area (Å²) in [5.74, 6) is -1.82. The minimum Gasteiger partial charge on any atom is -0.465 e. The van der Waals surface area contributed by atoms with Gasteiger partial charge in [-0.15, -0.1) is 0 Å². The minimum absolute atomic E-state index is 0.165. The van der Waals surface area contributed by atoms with Gasteiger partial charge >= 0.3 is 11.9 Å². The third kappa shape index (κ3) is 3.86. The largest absolute Gasteiger partial charge is 0.465 e. The molecule has 2 aromatic heterocycles. The molecule has 9 heteroatoms. The molecule has 9 nitrogen and oxygen atoms in total. The number of nitrogens with zero attached hydrogens (tertiary/aromatic N) is 2. The van der Waals surface area contributed by atoms with Crippen molar-refractivity contribution in [2.75, 3.05) is 7.11 Å². The van der Waals surface area contributed by atoms with E-state index in [1.807, 2.05) is 0 Å². The van der Waals surface area contributed by atoms with Crippen LogP contribution in [0.1, 0.15) is 39.0 Å². The number of esters is 2. The van der Waals surface area contributed by atoms with Gasteiger partial charge in [-0.3, -0.25) is 19.0 Å². The van der Waals surface area contributed by atoms with Gasteiger partial charge in [0.1, 0.15) is 6.54 Å². The topological polar surface area (TPSA) is 120 Å². The lowest BCUT2D eigenvalue weighted by molar-refractivity contribution is -0.147. The summed E-state index contributed by atoms with van der Waals surface area (Å²) in [7, 11) is 1.25. The van der Waals surface area contributed by atoms with E-state index >= 15 is 0 Å². The van der Waals surface area contributed by atoms with Gasteiger partial charge in [0, 0.05) is 5.69 Å². The summed E-state index contributed by atoms with van der Waals surface area (Å²) in [5, 5.41) is 0.379. The molecule has 0 fully saturated rings. The zero-order chi connectivity index (χ0) is 22.0. The van der Waals surface area contributed by atoms with Crippen LogP contribution in [0.15, 0.2) is 35.4 Å². The molecule has 3 rings (SSSR count). The molecule has 0 aliphatic rings. The monoisotopic (exact) mass is 411 g/mol. The molecule has 156 valence electrons. The van der Waals surface area contributed by atoms with Gasteiger partial charge in [-0.05, 0) is 38.5 Å². The molecule has 0 saturated carbocycles. The Labute approximate surface area is 171 Å². The number of carbonyl (C=O) groups is 3. The molecule has 0 amide bonds. The van der Waals surface area contributed by atoms with Crippen molar-refractivity contribution in [3.05, 3.63) is 63.5 Å². The van der Waals surface area contributed by atoms with Crippen LogP contribution in [0.3, 0.4) is 0 Å². The molecular formula is C21H21N3O6. The fourth-order valence-electron chi connectivity index (χ4n) is 3.25. The van der Waals surface area contributed by atoms with Crippen LogP contribution in [0.25, 0.3) is 10.9 Å². The van der Waals surface area contributed by atoms with Crippen molar-refractivity contribution in [1.29, 1.82) is 0 Å². The molecule has 0 aliphatic heterocycles. The SMILES string of the molecule is COC(=O)c1c(C)[nH]c(C(=O)C(C)OC(=O)Cn2cnc3ccccc3c2=O)c1C. The maximum atomic E-state index is 12.7. The normalized spacial score (nSPS) is 11.9. The summed E-state index contributed by atoms with van der Waals surface area (Å²) < 4.78 is 11.1. The van der Waals surface area contributed by atoms with E-state index in [9.17, 15) is 19.2 Å². The second-order valence-corrected chi connectivity index (χ2v) is 6.81. The molecule has 1 aromatic carbocycles. The van der Waals surface area contributed by atoms with Crippen molar-refractivity contribution >= 4 is 28.6 Å². The van der Waals surface area contributed by atoms with Crippen LogP contribution in [-0.4, -0.2) is 45.5 Å². The lowest BCUT2D eigenvalue weighted by Crippen LogP contribution is -2.30. The highest BCUT2D eigenvalue weighted by Crippen LogP contribution is 2.20. The molecule has 1 atom stereocenters. The van der Waals surface area contributed by atoms with Gasteiger partial charge in [0.2, 0.25) is 5.78 Å². The average molecular weight is 411 g/mol. The average Bonchev–Trinajstić information content (AvgIpc) is 3.03. The third-order valence-electron chi connectivity index (χ3n) is 4.78. The number of carbonyl (C=O) groups excluding carboxylic acids is 3. The number of H-pyrrole nitrogens is 1. The maximum Gasteiger partial charge on any atom is 0.339 e. The zero-order valence-corrected chi connectivity index (χ0v) is 17.0. The van der Waals surface area contributed by atoms with Gasteiger partial charge in [0.25, 0.3) is 5.56 Å². The first kappa shape index (κ1) is 21.0. The first-order chi connectivity index (χ1) is 14.2. The van der Waals surface area contributed by atoms with E-state index in [4.69, 9.17) is 9.47 Å². The molecule has 0 spiro atoms. The van der Waals surface area contributed by atoms with Gasteiger partial charge < -0.3 is 14.5 Å². The summed E-state index contributed by atoms with van der Waals surface area (Å²) in [6.45, 7) is 4.29. The number of aromatic amines is 1. The van der Waals surface area contributed by atoms with Crippen LogP contribution >= 0.6 is 0 Å². The number of aromatic nitrogens is 3. The summed E-state index contributed by atoms with van der Waals surface area (Å²) in [6, 6.07) is 6.78. The van der Waals surface area contributed by atoms with Gasteiger partial charge in [-0.1, -0.05) is 12.1 Å². The maximum absolute atomic E-state index is 12.7. The number of ketones is 1. The standard InChI is InChI=1S/C21H21N3O6/c1-11-17(21(28)29-4)12(2)23-18(11)19(26)13(3)30-16(25)9-24-10-22-15-8-6-5-7-14(15)20(24)27/h5-8,10,13,23H,9H2,1-4H3. The van der Waals surface area contributed by atoms with E-state index in [1.54, 1.807) is 38.1 Å². The first-order valence-electron chi connectivity index (χ1n) is 9.20. The number of hydrogen-bond acceptors (Lipinski definition) is 7. The fourth-order valence-corrected chi connectivity index (χ4v) is 3.25. The Bertz CT molecular complexity index is 1210. The number of para-hydroxylation sites is 1. The number of Topliss-reactive ketones (excluding diaryl/α,β-unsaturated/α-hetero) is 1. The second-order valence-electron chi connectivity index (χ2n) is 6.81. The van der Waals surface area contributed by atoms with E-state index in [0.29, 0.717) is 22.2 Å². The predicted octanol–water partition coefficient (Wildman–Crippen LogP) is 1.94. The van der Waals surface area contributed by atoms with Crippen molar-refractivity contribution in [3.63, 3.8) is 0 Å². The highest BCUT2D eigenvalue weighted by molar-refractivity contribution is 6.03. The van der Waals surface area contributed by atoms with Gasteiger partial charge in [0.15, 0.2) is 6.10 Å². The van der Waals surface area contributed by atoms with Gasteiger partial charge in [0.05, 0.1) is 35.6 Å². The first-order valence-corrected chi connectivity index (χ1v) is 9.20. The molecule has 0 bridgehead atoms. The number of rotatable bonds is 6. The van der Waals surface area contributed by atoms with E-state index < -0.39 is 23.8 Å². The molecular weight excluding hydrogens is 390 g/mol. The second kappa shape index (κ2) is 8.32. The van der Waals surface area contributed by atoms with Crippen molar-refractivity contribution < 1.29 is 23.9 Å². The highest BCUT2D eigenvalue weighted by atomic mass is 16.5. The molecule has 0 aliphatic carbocycles. The molecule has 1 N–H and O–H groups in total. The Morgan fingerprint density at radius 3 is 2.60 bits per heavy atom. The number of benzene rings is 1. The van der Waals surface area contributed by atoms with E-state index in [1.165, 1.54) is 20.4 Å². The number of aryl methyl sites for hydroxylation is 1. The van der Waals surface area contributed by atoms with Crippen molar-refractivity contribution in [1.82, 2.24) is 14.5 Å². The molecule has 2 heterocycles. The van der Waals surface area contributed by atoms with Crippen molar-refractivity contribution in [2.45, 2.75) is 33.4 Å². The van der Waals surface area contributed by atoms with Crippen LogP contribution in [0.5, 0.6) is 0 Å². The Hall–Kier alpha value is -3.75. The summed E-state index contributed by atoms with van der Waals surface area (Å²) >= 11 is 0. The van der Waals surface area contributed by atoms with E-state index in [2.05, 4.69) is 9.97 Å². The number of ether oxygens (including phenoxy) is 2. The zero-order valence-electron chi connectivity index (χ0n) is 17.0. The van der Waals surface area contributed by atoms with Crippen LogP contribution in [0, 0.1) is 13.8 Å². The number of methoxy groups -OCH3 is 1. The van der Waals surface area contributed by atoms with Gasteiger partial charge in [-0.25, -0.2) is 9.78 Å². The summed E-state index contributed by atoms with van der Waals surface area (Å²) in [5.41, 5.74) is 1.48. The minimum atomic E-state index is -1.12. The third-order valence-corrected chi connectivity index (χ3v) is 4.78. The summed E-state index contributed by atoms with van der Waals surface area (Å²) in [4.78, 5) is 56.4. The predicted molar refractivity (Wildman–Crippen MR) is 107 cm³/mol. The Morgan fingerprint density at radius 1 is 1.20 bits per heavy atom. The number of nitrogens with one attached hydrogen (secondary N) is 1. The fraction of sp³-hybridized carbons (Fsp3) is 0.286. The quantitative estimate of drug-likeness (QED) is 0.486. The summed E-state index contributed by atoms with van der Waals surface area (Å²) in [6.07, 6.45) is 0.142. The number of fused-ring (bicyclic) bond motifs is 1. The lowest BCUT2D eigenvalue weighted by atomic mass is 10.1. The van der Waals surface area contributed by atoms with Crippen LogP contribution in [0.2, 0.25) is 0 Å².